The first-order valence-electron chi connectivity index (χ1n) is 8.46. The van der Waals surface area contributed by atoms with E-state index < -0.39 is 11.0 Å². The quantitative estimate of drug-likeness (QED) is 0.799. The van der Waals surface area contributed by atoms with Crippen LogP contribution in [0.3, 0.4) is 0 Å². The van der Waals surface area contributed by atoms with E-state index in [9.17, 15) is 9.59 Å². The van der Waals surface area contributed by atoms with Crippen molar-refractivity contribution in [3.63, 3.8) is 0 Å². The summed E-state index contributed by atoms with van der Waals surface area (Å²) in [4.78, 5) is 24.6. The average molecular weight is 320 g/mol. The molecule has 1 aromatic carbocycles. The van der Waals surface area contributed by atoms with Gasteiger partial charge in [-0.15, -0.1) is 11.8 Å². The molecule has 0 atom stereocenters. The molecule has 4 heteroatoms. The molecular formula is C18H24O3S. The molecule has 4 aliphatic carbocycles. The lowest BCUT2D eigenvalue weighted by Gasteiger charge is -2.56. The lowest BCUT2D eigenvalue weighted by molar-refractivity contribution is 0.0381. The third kappa shape index (κ3) is 2.34. The first-order valence-corrected chi connectivity index (χ1v) is 9.28. The molecule has 0 spiro atoms. The van der Waals surface area contributed by atoms with Crippen molar-refractivity contribution < 1.29 is 4.74 Å². The van der Waals surface area contributed by atoms with Gasteiger partial charge in [0.2, 0.25) is 5.43 Å². The molecule has 0 N–H and O–H groups in total. The molecule has 0 saturated heterocycles. The highest BCUT2D eigenvalue weighted by molar-refractivity contribution is 8.00. The van der Waals surface area contributed by atoms with Crippen molar-refractivity contribution in [2.75, 3.05) is 0 Å². The first-order chi connectivity index (χ1) is 10.2. The summed E-state index contributed by atoms with van der Waals surface area (Å²) in [5, 5.41) is 0. The van der Waals surface area contributed by atoms with Crippen LogP contribution in [0, 0.1) is 17.8 Å². The maximum absolute atomic E-state index is 12.1. The summed E-state index contributed by atoms with van der Waals surface area (Å²) in [6.45, 7) is 5.76. The Balaban J connectivity index is 1.61. The SMILES string of the molecule is CC(C)(C)Oc1c(SC23CC4CC(CC(C4)C2)C3)c(=O)c1=O. The second kappa shape index (κ2) is 4.62. The van der Waals surface area contributed by atoms with Crippen LogP contribution in [0.2, 0.25) is 0 Å². The molecule has 4 bridgehead atoms. The number of thioether (sulfide) groups is 1. The van der Waals surface area contributed by atoms with Crippen LogP contribution < -0.4 is 15.6 Å². The van der Waals surface area contributed by atoms with Crippen molar-refractivity contribution in [2.45, 2.75) is 74.5 Å². The number of hydrogen-bond donors (Lipinski definition) is 0. The molecule has 0 amide bonds. The smallest absolute Gasteiger partial charge is 0.270 e. The van der Waals surface area contributed by atoms with Gasteiger partial charge in [-0.3, -0.25) is 9.59 Å². The van der Waals surface area contributed by atoms with Crippen LogP contribution in [0.4, 0.5) is 0 Å². The minimum absolute atomic E-state index is 0.201. The summed E-state index contributed by atoms with van der Waals surface area (Å²) in [7, 11) is 0. The zero-order valence-corrected chi connectivity index (χ0v) is 14.4. The zero-order chi connectivity index (χ0) is 15.7. The third-order valence-corrected chi connectivity index (χ3v) is 7.04. The second-order valence-electron chi connectivity index (χ2n) is 8.73. The first kappa shape index (κ1) is 14.8. The van der Waals surface area contributed by atoms with Gasteiger partial charge >= 0.3 is 0 Å². The molecule has 0 aliphatic heterocycles. The van der Waals surface area contributed by atoms with E-state index in [2.05, 4.69) is 0 Å². The van der Waals surface area contributed by atoms with Gasteiger partial charge in [0.1, 0.15) is 10.5 Å². The molecule has 1 aromatic rings. The minimum Gasteiger partial charge on any atom is -0.483 e. The Kier molecular flexibility index (Phi) is 3.11. The fourth-order valence-electron chi connectivity index (χ4n) is 5.21. The molecule has 0 heterocycles. The Morgan fingerprint density at radius 1 is 0.955 bits per heavy atom. The van der Waals surface area contributed by atoms with E-state index in [1.54, 1.807) is 11.8 Å². The monoisotopic (exact) mass is 320 g/mol. The van der Waals surface area contributed by atoms with Gasteiger partial charge < -0.3 is 4.74 Å². The predicted octanol–water partition coefficient (Wildman–Crippen LogP) is 3.52. The van der Waals surface area contributed by atoms with E-state index in [4.69, 9.17) is 4.74 Å². The molecule has 0 radical (unpaired) electrons. The summed E-state index contributed by atoms with van der Waals surface area (Å²) in [6, 6.07) is 0. The van der Waals surface area contributed by atoms with Crippen LogP contribution in [0.25, 0.3) is 0 Å². The van der Waals surface area contributed by atoms with Crippen molar-refractivity contribution in [3.8, 4) is 5.75 Å². The minimum atomic E-state index is -0.432. The molecule has 3 nitrogen and oxygen atoms in total. The second-order valence-corrected chi connectivity index (χ2v) is 10.2. The van der Waals surface area contributed by atoms with E-state index in [1.165, 1.54) is 38.5 Å². The van der Waals surface area contributed by atoms with Gasteiger partial charge in [0.15, 0.2) is 5.75 Å². The Labute approximate surface area is 135 Å². The molecule has 120 valence electrons. The van der Waals surface area contributed by atoms with Crippen LogP contribution >= 0.6 is 11.8 Å². The van der Waals surface area contributed by atoms with Gasteiger partial charge in [-0.2, -0.15) is 0 Å². The molecule has 0 unspecified atom stereocenters. The Bertz CT molecular complexity index is 640. The Morgan fingerprint density at radius 3 is 1.91 bits per heavy atom. The Hall–Kier alpha value is -0.770. The molecule has 4 fully saturated rings. The third-order valence-electron chi connectivity index (χ3n) is 5.53. The molecule has 0 aromatic heterocycles. The van der Waals surface area contributed by atoms with E-state index in [-0.39, 0.29) is 10.2 Å². The fraction of sp³-hybridized carbons (Fsp3) is 0.778. The summed E-state index contributed by atoms with van der Waals surface area (Å²) in [6.07, 6.45) is 7.82. The maximum Gasteiger partial charge on any atom is 0.270 e. The number of ether oxygens (including phenoxy) is 1. The number of hydrogen-bond acceptors (Lipinski definition) is 4. The van der Waals surface area contributed by atoms with E-state index in [1.807, 2.05) is 20.8 Å². The van der Waals surface area contributed by atoms with Gasteiger partial charge in [0.05, 0.1) is 0 Å². The predicted molar refractivity (Wildman–Crippen MR) is 88.5 cm³/mol. The highest BCUT2D eigenvalue weighted by atomic mass is 32.2. The van der Waals surface area contributed by atoms with Crippen molar-refractivity contribution in [1.82, 2.24) is 0 Å². The van der Waals surface area contributed by atoms with Gasteiger partial charge in [0, 0.05) is 4.75 Å². The molecule has 4 saturated carbocycles. The summed E-state index contributed by atoms with van der Waals surface area (Å²) in [5.74, 6) is 2.87. The fourth-order valence-corrected chi connectivity index (χ4v) is 7.02. The van der Waals surface area contributed by atoms with Crippen molar-refractivity contribution in [2.24, 2.45) is 17.8 Å². The topological polar surface area (TPSA) is 43.4 Å². The van der Waals surface area contributed by atoms with Gasteiger partial charge in [-0.1, -0.05) is 0 Å². The average Bonchev–Trinajstić information content (AvgIpc) is 2.39. The van der Waals surface area contributed by atoms with Crippen LogP contribution in [0.5, 0.6) is 5.75 Å². The van der Waals surface area contributed by atoms with Crippen molar-refractivity contribution in [1.29, 1.82) is 0 Å². The zero-order valence-electron chi connectivity index (χ0n) is 13.6. The van der Waals surface area contributed by atoms with Gasteiger partial charge in [-0.05, 0) is 77.0 Å². The largest absolute Gasteiger partial charge is 0.483 e. The van der Waals surface area contributed by atoms with Crippen LogP contribution in [-0.4, -0.2) is 10.3 Å². The molecule has 22 heavy (non-hydrogen) atoms. The summed E-state index contributed by atoms with van der Waals surface area (Å²) < 4.78 is 5.97. The van der Waals surface area contributed by atoms with E-state index >= 15 is 0 Å². The summed E-state index contributed by atoms with van der Waals surface area (Å²) >= 11 is 1.69. The Morgan fingerprint density at radius 2 is 1.45 bits per heavy atom. The lowest BCUT2D eigenvalue weighted by Crippen LogP contribution is -2.49. The molecule has 4 aliphatic rings. The van der Waals surface area contributed by atoms with Crippen LogP contribution in [0.15, 0.2) is 14.5 Å². The molecule has 5 rings (SSSR count). The number of rotatable bonds is 3. The van der Waals surface area contributed by atoms with E-state index in [0.29, 0.717) is 10.6 Å². The highest BCUT2D eigenvalue weighted by Gasteiger charge is 2.52. The normalized spacial score (nSPS) is 37.0. The standard InChI is InChI=1S/C18H24O3S/c1-17(2,3)21-15-13(19)14(20)16(15)22-18-7-10-4-11(8-18)6-12(5-10)9-18/h10-12H,4-9H2,1-3H3. The van der Waals surface area contributed by atoms with Crippen molar-refractivity contribution >= 4 is 11.8 Å². The van der Waals surface area contributed by atoms with Crippen LogP contribution in [0.1, 0.15) is 59.3 Å². The molecular weight excluding hydrogens is 296 g/mol. The van der Waals surface area contributed by atoms with Gasteiger partial charge in [-0.25, -0.2) is 0 Å². The van der Waals surface area contributed by atoms with Crippen LogP contribution in [-0.2, 0) is 0 Å². The van der Waals surface area contributed by atoms with E-state index in [0.717, 1.165) is 17.8 Å². The lowest BCUT2D eigenvalue weighted by atomic mass is 9.56. The van der Waals surface area contributed by atoms with Crippen molar-refractivity contribution in [3.05, 3.63) is 20.4 Å². The highest BCUT2D eigenvalue weighted by Crippen LogP contribution is 2.62. The maximum atomic E-state index is 12.1. The summed E-state index contributed by atoms with van der Waals surface area (Å²) in [5.41, 5.74) is -1.18. The van der Waals surface area contributed by atoms with Gasteiger partial charge in [0.25, 0.3) is 5.43 Å².